The summed E-state index contributed by atoms with van der Waals surface area (Å²) in [4.78, 5) is 38.7. The standard InChI is InChI=1S/C34H35N3O6S/c1-6-41-34(40)30-22(3)24(5)44-33(30)36-32(39)27-13-17-29(18-14-27)43-23(4)31(38)37-35-19-25-11-15-28(16-12-25)42-20-26-9-7-21(2)8-10-26/h7-19,23H,6,20H2,1-5H3,(H,36,39)(H,37,38)/b35-19-/t23-/m0/s1. The Bertz CT molecular complexity index is 1630. The molecule has 0 bridgehead atoms. The number of carbonyl (C=O) groups is 3. The Morgan fingerprint density at radius 2 is 1.57 bits per heavy atom. The van der Waals surface area contributed by atoms with Crippen LogP contribution in [-0.4, -0.2) is 36.7 Å². The number of aryl methyl sites for hydroxylation is 2. The number of nitrogens with one attached hydrogen (secondary N) is 2. The van der Waals surface area contributed by atoms with Gasteiger partial charge < -0.3 is 19.5 Å². The molecule has 0 aliphatic heterocycles. The molecule has 0 radical (unpaired) electrons. The molecule has 0 fully saturated rings. The predicted octanol–water partition coefficient (Wildman–Crippen LogP) is 6.60. The lowest BCUT2D eigenvalue weighted by Crippen LogP contribution is -2.33. The highest BCUT2D eigenvalue weighted by Gasteiger charge is 2.22. The fourth-order valence-electron chi connectivity index (χ4n) is 4.04. The minimum atomic E-state index is -0.839. The monoisotopic (exact) mass is 613 g/mol. The molecule has 2 N–H and O–H groups in total. The number of hydrazone groups is 1. The van der Waals surface area contributed by atoms with Crippen molar-refractivity contribution in [3.63, 3.8) is 0 Å². The Morgan fingerprint density at radius 3 is 2.23 bits per heavy atom. The SMILES string of the molecule is CCOC(=O)c1c(NC(=O)c2ccc(O[C@@H](C)C(=O)N/N=C\c3ccc(OCc4ccc(C)cc4)cc3)cc2)sc(C)c1C. The van der Waals surface area contributed by atoms with Crippen LogP contribution in [0.4, 0.5) is 5.00 Å². The van der Waals surface area contributed by atoms with Crippen LogP contribution in [0.25, 0.3) is 0 Å². The van der Waals surface area contributed by atoms with Crippen molar-refractivity contribution in [3.8, 4) is 11.5 Å². The van der Waals surface area contributed by atoms with Crippen molar-refractivity contribution >= 4 is 40.3 Å². The average Bonchev–Trinajstić information content (AvgIpc) is 3.29. The zero-order chi connectivity index (χ0) is 31.6. The van der Waals surface area contributed by atoms with Crippen molar-refractivity contribution in [2.45, 2.75) is 47.3 Å². The van der Waals surface area contributed by atoms with Crippen molar-refractivity contribution in [1.82, 2.24) is 5.43 Å². The van der Waals surface area contributed by atoms with E-state index in [9.17, 15) is 14.4 Å². The summed E-state index contributed by atoms with van der Waals surface area (Å²) < 4.78 is 16.7. The van der Waals surface area contributed by atoms with E-state index in [1.54, 1.807) is 38.1 Å². The number of amides is 2. The maximum Gasteiger partial charge on any atom is 0.341 e. The van der Waals surface area contributed by atoms with E-state index in [2.05, 4.69) is 28.0 Å². The van der Waals surface area contributed by atoms with Crippen LogP contribution in [0.2, 0.25) is 0 Å². The summed E-state index contributed by atoms with van der Waals surface area (Å²) >= 11 is 1.32. The number of ether oxygens (including phenoxy) is 3. The zero-order valence-electron chi connectivity index (χ0n) is 25.3. The van der Waals surface area contributed by atoms with Crippen LogP contribution in [0.3, 0.4) is 0 Å². The van der Waals surface area contributed by atoms with E-state index in [-0.39, 0.29) is 12.5 Å². The molecule has 0 saturated heterocycles. The number of hydrogen-bond acceptors (Lipinski definition) is 8. The van der Waals surface area contributed by atoms with Crippen molar-refractivity contribution in [3.05, 3.63) is 111 Å². The molecule has 4 rings (SSSR count). The summed E-state index contributed by atoms with van der Waals surface area (Å²) in [7, 11) is 0. The van der Waals surface area contributed by atoms with Gasteiger partial charge in [0.25, 0.3) is 11.8 Å². The summed E-state index contributed by atoms with van der Waals surface area (Å²) in [5.74, 6) is -0.146. The molecule has 0 aliphatic rings. The third kappa shape index (κ3) is 8.54. The molecule has 0 saturated carbocycles. The van der Waals surface area contributed by atoms with Crippen LogP contribution in [0, 0.1) is 20.8 Å². The van der Waals surface area contributed by atoms with Crippen LogP contribution < -0.4 is 20.2 Å². The van der Waals surface area contributed by atoms with Gasteiger partial charge in [0.1, 0.15) is 23.1 Å². The quantitative estimate of drug-likeness (QED) is 0.106. The van der Waals surface area contributed by atoms with Gasteiger partial charge in [-0.1, -0.05) is 29.8 Å². The second-order valence-corrected chi connectivity index (χ2v) is 11.2. The molecule has 1 heterocycles. The van der Waals surface area contributed by atoms with Crippen molar-refractivity contribution in [1.29, 1.82) is 0 Å². The van der Waals surface area contributed by atoms with Gasteiger partial charge in [0.2, 0.25) is 0 Å². The summed E-state index contributed by atoms with van der Waals surface area (Å²) in [5, 5.41) is 7.27. The lowest BCUT2D eigenvalue weighted by atomic mass is 10.1. The van der Waals surface area contributed by atoms with E-state index in [0.29, 0.717) is 28.5 Å². The Morgan fingerprint density at radius 1 is 0.909 bits per heavy atom. The van der Waals surface area contributed by atoms with Crippen LogP contribution in [-0.2, 0) is 16.1 Å². The van der Waals surface area contributed by atoms with Crippen LogP contribution in [0.15, 0.2) is 77.9 Å². The normalized spacial score (nSPS) is 11.6. The van der Waals surface area contributed by atoms with Crippen LogP contribution in [0.1, 0.15) is 61.7 Å². The van der Waals surface area contributed by atoms with E-state index in [1.165, 1.54) is 23.1 Å². The topological polar surface area (TPSA) is 115 Å². The zero-order valence-corrected chi connectivity index (χ0v) is 26.1. The third-order valence-corrected chi connectivity index (χ3v) is 7.81. The average molecular weight is 614 g/mol. The molecule has 3 aromatic carbocycles. The highest BCUT2D eigenvalue weighted by atomic mass is 32.1. The van der Waals surface area contributed by atoms with E-state index in [4.69, 9.17) is 14.2 Å². The number of thiophene rings is 1. The number of esters is 1. The van der Waals surface area contributed by atoms with Crippen molar-refractivity contribution in [2.75, 3.05) is 11.9 Å². The Hall–Kier alpha value is -4.96. The number of benzene rings is 3. The maximum absolute atomic E-state index is 12.9. The molecule has 0 aliphatic carbocycles. The van der Waals surface area contributed by atoms with Gasteiger partial charge in [0, 0.05) is 10.4 Å². The molecule has 9 nitrogen and oxygen atoms in total. The summed E-state index contributed by atoms with van der Waals surface area (Å²) in [6.45, 7) is 9.80. The van der Waals surface area contributed by atoms with Crippen molar-refractivity contribution < 1.29 is 28.6 Å². The predicted molar refractivity (Wildman–Crippen MR) is 172 cm³/mol. The highest BCUT2D eigenvalue weighted by molar-refractivity contribution is 7.16. The Balaban J connectivity index is 1.25. The minimum absolute atomic E-state index is 0.240. The molecule has 4 aromatic rings. The summed E-state index contributed by atoms with van der Waals surface area (Å²) in [5.41, 5.74) is 7.07. The van der Waals surface area contributed by atoms with Gasteiger partial charge in [-0.3, -0.25) is 9.59 Å². The van der Waals surface area contributed by atoms with Gasteiger partial charge in [-0.05, 0) is 99.8 Å². The maximum atomic E-state index is 12.9. The second-order valence-electron chi connectivity index (χ2n) is 10.0. The number of hydrogen-bond donors (Lipinski definition) is 2. The molecular formula is C34H35N3O6S. The lowest BCUT2D eigenvalue weighted by molar-refractivity contribution is -0.127. The first kappa shape index (κ1) is 32.0. The molecule has 44 heavy (non-hydrogen) atoms. The Kier molecular flexibility index (Phi) is 10.9. The molecule has 0 unspecified atom stereocenters. The van der Waals surface area contributed by atoms with Gasteiger partial charge in [0.15, 0.2) is 6.10 Å². The lowest BCUT2D eigenvalue weighted by Gasteiger charge is -2.13. The molecule has 228 valence electrons. The smallest absolute Gasteiger partial charge is 0.341 e. The van der Waals surface area contributed by atoms with Crippen LogP contribution in [0.5, 0.6) is 11.5 Å². The molecule has 1 aromatic heterocycles. The number of anilines is 1. The van der Waals surface area contributed by atoms with Crippen molar-refractivity contribution in [2.24, 2.45) is 5.10 Å². The first-order valence-corrected chi connectivity index (χ1v) is 14.9. The molecule has 0 spiro atoms. The van der Waals surface area contributed by atoms with Crippen LogP contribution >= 0.6 is 11.3 Å². The van der Waals surface area contributed by atoms with E-state index in [0.717, 1.165) is 27.3 Å². The molecule has 2 amide bonds. The van der Waals surface area contributed by atoms with E-state index < -0.39 is 18.0 Å². The van der Waals surface area contributed by atoms with Gasteiger partial charge in [-0.2, -0.15) is 5.10 Å². The third-order valence-electron chi connectivity index (χ3n) is 6.69. The molecule has 1 atom stereocenters. The van der Waals surface area contributed by atoms with Gasteiger partial charge >= 0.3 is 5.97 Å². The molecule has 10 heteroatoms. The number of nitrogens with zero attached hydrogens (tertiary/aromatic N) is 1. The van der Waals surface area contributed by atoms with E-state index in [1.807, 2.05) is 57.2 Å². The van der Waals surface area contributed by atoms with Gasteiger partial charge in [-0.15, -0.1) is 11.3 Å². The Labute approximate surface area is 260 Å². The van der Waals surface area contributed by atoms with E-state index >= 15 is 0 Å². The molecular weight excluding hydrogens is 578 g/mol. The fraction of sp³-hybridized carbons (Fsp3) is 0.235. The largest absolute Gasteiger partial charge is 0.489 e. The summed E-state index contributed by atoms with van der Waals surface area (Å²) in [6, 6.07) is 21.9. The number of carbonyl (C=O) groups excluding carboxylic acids is 3. The number of rotatable bonds is 12. The summed E-state index contributed by atoms with van der Waals surface area (Å²) in [6.07, 6.45) is 0.694. The van der Waals surface area contributed by atoms with Gasteiger partial charge in [-0.25, -0.2) is 10.2 Å². The first-order chi connectivity index (χ1) is 21.1. The fourth-order valence-corrected chi connectivity index (χ4v) is 5.09. The highest BCUT2D eigenvalue weighted by Crippen LogP contribution is 2.33. The first-order valence-electron chi connectivity index (χ1n) is 14.1. The van der Waals surface area contributed by atoms with Gasteiger partial charge in [0.05, 0.1) is 18.4 Å². The minimum Gasteiger partial charge on any atom is -0.489 e. The second kappa shape index (κ2) is 15.0.